The van der Waals surface area contributed by atoms with E-state index < -0.39 is 11.8 Å². The molecule has 1 aromatic heterocycles. The molecular formula is C12H14O3S. The van der Waals surface area contributed by atoms with E-state index >= 15 is 0 Å². The summed E-state index contributed by atoms with van der Waals surface area (Å²) >= 11 is 1.38. The second kappa shape index (κ2) is 4.78. The van der Waals surface area contributed by atoms with E-state index in [1.54, 1.807) is 6.92 Å². The van der Waals surface area contributed by atoms with Crippen LogP contribution in [0.1, 0.15) is 40.6 Å². The van der Waals surface area contributed by atoms with Crippen molar-refractivity contribution in [1.82, 2.24) is 0 Å². The zero-order valence-electron chi connectivity index (χ0n) is 9.25. The SMILES string of the molecule is CCOC(=O)C(=O)c1scc2c1CCCC2. The van der Waals surface area contributed by atoms with Crippen LogP contribution in [0.5, 0.6) is 0 Å². The van der Waals surface area contributed by atoms with Crippen molar-refractivity contribution in [2.24, 2.45) is 0 Å². The average molecular weight is 238 g/mol. The number of carbonyl (C=O) groups is 2. The fourth-order valence-electron chi connectivity index (χ4n) is 2.00. The summed E-state index contributed by atoms with van der Waals surface area (Å²) in [6.45, 7) is 1.95. The highest BCUT2D eigenvalue weighted by molar-refractivity contribution is 7.13. The molecule has 0 saturated heterocycles. The molecular weight excluding hydrogens is 224 g/mol. The lowest BCUT2D eigenvalue weighted by Gasteiger charge is -2.11. The molecule has 0 N–H and O–H groups in total. The lowest BCUT2D eigenvalue weighted by Crippen LogP contribution is -2.18. The minimum absolute atomic E-state index is 0.248. The molecule has 1 aliphatic carbocycles. The van der Waals surface area contributed by atoms with Crippen LogP contribution in [0.2, 0.25) is 0 Å². The van der Waals surface area contributed by atoms with Gasteiger partial charge in [0.25, 0.3) is 5.78 Å². The van der Waals surface area contributed by atoms with Gasteiger partial charge in [0.05, 0.1) is 11.5 Å². The van der Waals surface area contributed by atoms with Crippen LogP contribution in [0.4, 0.5) is 0 Å². The number of esters is 1. The zero-order valence-corrected chi connectivity index (χ0v) is 10.1. The van der Waals surface area contributed by atoms with E-state index in [4.69, 9.17) is 4.74 Å². The van der Waals surface area contributed by atoms with Gasteiger partial charge in [0, 0.05) is 0 Å². The van der Waals surface area contributed by atoms with E-state index in [1.807, 2.05) is 5.38 Å². The Bertz CT molecular complexity index is 420. The smallest absolute Gasteiger partial charge is 0.380 e. The number of ether oxygens (including phenoxy) is 1. The monoisotopic (exact) mass is 238 g/mol. The van der Waals surface area contributed by atoms with Gasteiger partial charge in [-0.3, -0.25) is 4.79 Å². The average Bonchev–Trinajstić information content (AvgIpc) is 2.72. The first-order valence-electron chi connectivity index (χ1n) is 5.54. The highest BCUT2D eigenvalue weighted by atomic mass is 32.1. The number of hydrogen-bond donors (Lipinski definition) is 0. The molecule has 0 atom stereocenters. The number of aryl methyl sites for hydroxylation is 1. The number of hydrogen-bond acceptors (Lipinski definition) is 4. The fourth-order valence-corrected chi connectivity index (χ4v) is 3.09. The molecule has 0 radical (unpaired) electrons. The number of rotatable bonds is 3. The maximum absolute atomic E-state index is 11.8. The molecule has 0 aliphatic heterocycles. The summed E-state index contributed by atoms with van der Waals surface area (Å²) in [4.78, 5) is 23.8. The summed E-state index contributed by atoms with van der Waals surface area (Å²) in [7, 11) is 0. The van der Waals surface area contributed by atoms with Gasteiger partial charge in [-0.1, -0.05) is 0 Å². The quantitative estimate of drug-likeness (QED) is 0.461. The van der Waals surface area contributed by atoms with Crippen molar-refractivity contribution in [1.29, 1.82) is 0 Å². The number of Topliss-reactive ketones (excluding diaryl/α,β-unsaturated/α-hetero) is 1. The Hall–Kier alpha value is -1.16. The van der Waals surface area contributed by atoms with E-state index in [9.17, 15) is 9.59 Å². The van der Waals surface area contributed by atoms with Gasteiger partial charge < -0.3 is 4.74 Å². The molecule has 16 heavy (non-hydrogen) atoms. The third-order valence-corrected chi connectivity index (χ3v) is 3.84. The third-order valence-electron chi connectivity index (χ3n) is 2.77. The Labute approximate surface area is 98.4 Å². The van der Waals surface area contributed by atoms with Crippen molar-refractivity contribution in [3.05, 3.63) is 21.4 Å². The third kappa shape index (κ3) is 2.02. The largest absolute Gasteiger partial charge is 0.460 e. The summed E-state index contributed by atoms with van der Waals surface area (Å²) in [5.41, 5.74) is 2.32. The number of thiophene rings is 1. The Morgan fingerprint density at radius 1 is 1.38 bits per heavy atom. The van der Waals surface area contributed by atoms with Crippen molar-refractivity contribution in [2.45, 2.75) is 32.6 Å². The predicted molar refractivity (Wildman–Crippen MR) is 61.9 cm³/mol. The minimum atomic E-state index is -0.724. The van der Waals surface area contributed by atoms with Gasteiger partial charge in [0.15, 0.2) is 0 Å². The fraction of sp³-hybridized carbons (Fsp3) is 0.500. The van der Waals surface area contributed by atoms with Crippen molar-refractivity contribution < 1.29 is 14.3 Å². The first kappa shape index (κ1) is 11.3. The van der Waals surface area contributed by atoms with Crippen LogP contribution in [0.25, 0.3) is 0 Å². The highest BCUT2D eigenvalue weighted by Crippen LogP contribution is 2.30. The Morgan fingerprint density at radius 3 is 2.88 bits per heavy atom. The second-order valence-electron chi connectivity index (χ2n) is 3.83. The van der Waals surface area contributed by atoms with Gasteiger partial charge in [-0.2, -0.15) is 0 Å². The van der Waals surface area contributed by atoms with Gasteiger partial charge in [0.1, 0.15) is 0 Å². The molecule has 2 rings (SSSR count). The molecule has 1 heterocycles. The van der Waals surface area contributed by atoms with E-state index in [1.165, 1.54) is 23.3 Å². The van der Waals surface area contributed by atoms with Crippen LogP contribution in [-0.4, -0.2) is 18.4 Å². The summed E-state index contributed by atoms with van der Waals surface area (Å²) in [6.07, 6.45) is 4.23. The van der Waals surface area contributed by atoms with E-state index in [0.29, 0.717) is 4.88 Å². The summed E-state index contributed by atoms with van der Waals surface area (Å²) in [5, 5.41) is 2.00. The lowest BCUT2D eigenvalue weighted by molar-refractivity contribution is -0.137. The highest BCUT2D eigenvalue weighted by Gasteiger charge is 2.25. The molecule has 0 bridgehead atoms. The van der Waals surface area contributed by atoms with Gasteiger partial charge in [-0.25, -0.2) is 4.79 Å². The first-order chi connectivity index (χ1) is 7.74. The number of carbonyl (C=O) groups excluding carboxylic acids is 2. The van der Waals surface area contributed by atoms with Gasteiger partial charge >= 0.3 is 5.97 Å². The van der Waals surface area contributed by atoms with Crippen molar-refractivity contribution >= 4 is 23.1 Å². The van der Waals surface area contributed by atoms with Gasteiger partial charge in [-0.05, 0) is 49.1 Å². The van der Waals surface area contributed by atoms with E-state index in [-0.39, 0.29) is 6.61 Å². The van der Waals surface area contributed by atoms with Crippen LogP contribution in [0.3, 0.4) is 0 Å². The van der Waals surface area contributed by atoms with Crippen LogP contribution in [0, 0.1) is 0 Å². The van der Waals surface area contributed by atoms with Crippen LogP contribution in [0.15, 0.2) is 5.38 Å². The van der Waals surface area contributed by atoms with Crippen LogP contribution >= 0.6 is 11.3 Å². The summed E-state index contributed by atoms with van der Waals surface area (Å²) < 4.78 is 4.74. The molecule has 0 aromatic carbocycles. The zero-order chi connectivity index (χ0) is 11.5. The molecule has 86 valence electrons. The Balaban J connectivity index is 2.23. The molecule has 0 spiro atoms. The second-order valence-corrected chi connectivity index (χ2v) is 4.70. The van der Waals surface area contributed by atoms with Crippen molar-refractivity contribution in [3.63, 3.8) is 0 Å². The van der Waals surface area contributed by atoms with Crippen molar-refractivity contribution in [3.8, 4) is 0 Å². The number of fused-ring (bicyclic) bond motifs is 1. The van der Waals surface area contributed by atoms with Gasteiger partial charge in [-0.15, -0.1) is 11.3 Å². The molecule has 1 aromatic rings. The predicted octanol–water partition coefficient (Wildman–Crippen LogP) is 2.37. The van der Waals surface area contributed by atoms with E-state index in [0.717, 1.165) is 24.8 Å². The molecule has 1 aliphatic rings. The van der Waals surface area contributed by atoms with Crippen molar-refractivity contribution in [2.75, 3.05) is 6.61 Å². The lowest BCUT2D eigenvalue weighted by atomic mass is 9.93. The van der Waals surface area contributed by atoms with Crippen LogP contribution in [-0.2, 0) is 22.4 Å². The normalized spacial score (nSPS) is 14.3. The molecule has 0 amide bonds. The number of ketones is 1. The first-order valence-corrected chi connectivity index (χ1v) is 6.42. The maximum atomic E-state index is 11.8. The maximum Gasteiger partial charge on any atom is 0.380 e. The minimum Gasteiger partial charge on any atom is -0.460 e. The molecule has 4 heteroatoms. The standard InChI is InChI=1S/C12H14O3S/c1-2-15-12(14)10(13)11-9-6-4-3-5-8(9)7-16-11/h7H,2-6H2,1H3. The summed E-state index contributed by atoms with van der Waals surface area (Å²) in [6, 6.07) is 0. The van der Waals surface area contributed by atoms with Gasteiger partial charge in [0.2, 0.25) is 0 Å². The molecule has 0 unspecified atom stereocenters. The Kier molecular flexibility index (Phi) is 3.39. The Morgan fingerprint density at radius 2 is 2.12 bits per heavy atom. The topological polar surface area (TPSA) is 43.4 Å². The van der Waals surface area contributed by atoms with Crippen LogP contribution < -0.4 is 0 Å². The molecule has 0 saturated carbocycles. The summed E-state index contributed by atoms with van der Waals surface area (Å²) in [5.74, 6) is -1.20. The molecule has 0 fully saturated rings. The molecule has 3 nitrogen and oxygen atoms in total. The van der Waals surface area contributed by atoms with E-state index in [2.05, 4.69) is 0 Å².